The third kappa shape index (κ3) is 3.38. The van der Waals surface area contributed by atoms with E-state index in [-0.39, 0.29) is 0 Å². The van der Waals surface area contributed by atoms with Gasteiger partial charge in [-0.05, 0) is 68.2 Å². The van der Waals surface area contributed by atoms with E-state index in [1.54, 1.807) is 0 Å². The molecule has 0 radical (unpaired) electrons. The molecule has 1 aliphatic carbocycles. The standard InChI is InChI=1S/C23H25N5/c1-28-11-8-16(9-12-28)14-25-23-26-15-20-19(5-7-22(20)27-23)17-4-6-21-18(13-17)3-2-10-24-21/h2-6,10,13,15-16H,7-9,11-12,14H2,1H3,(H,25,26,27). The zero-order chi connectivity index (χ0) is 18.9. The average molecular weight is 371 g/mol. The maximum absolute atomic E-state index is 4.79. The van der Waals surface area contributed by atoms with Crippen molar-refractivity contribution in [1.82, 2.24) is 19.9 Å². The number of piperidine rings is 1. The molecule has 1 saturated heterocycles. The second-order valence-electron chi connectivity index (χ2n) is 7.91. The first kappa shape index (κ1) is 17.3. The minimum atomic E-state index is 0.716. The number of benzene rings is 1. The molecule has 0 saturated carbocycles. The summed E-state index contributed by atoms with van der Waals surface area (Å²) in [6, 6.07) is 10.5. The highest BCUT2D eigenvalue weighted by Gasteiger charge is 2.20. The number of fused-ring (bicyclic) bond motifs is 2. The molecule has 5 rings (SSSR count). The van der Waals surface area contributed by atoms with Gasteiger partial charge in [-0.25, -0.2) is 9.97 Å². The molecule has 1 aliphatic heterocycles. The normalized spacial score (nSPS) is 17.5. The molecular formula is C23H25N5. The molecule has 0 atom stereocenters. The van der Waals surface area contributed by atoms with Crippen LogP contribution in [0.5, 0.6) is 0 Å². The number of rotatable bonds is 4. The third-order valence-electron chi connectivity index (χ3n) is 5.96. The fourth-order valence-corrected chi connectivity index (χ4v) is 4.21. The smallest absolute Gasteiger partial charge is 0.222 e. The third-order valence-corrected chi connectivity index (χ3v) is 5.96. The minimum Gasteiger partial charge on any atom is -0.354 e. The van der Waals surface area contributed by atoms with Crippen LogP contribution in [0.2, 0.25) is 0 Å². The van der Waals surface area contributed by atoms with Crippen LogP contribution in [0.3, 0.4) is 0 Å². The van der Waals surface area contributed by atoms with Crippen molar-refractivity contribution in [3.05, 3.63) is 65.6 Å². The number of anilines is 1. The summed E-state index contributed by atoms with van der Waals surface area (Å²) in [4.78, 5) is 16.2. The van der Waals surface area contributed by atoms with Crippen LogP contribution in [0, 0.1) is 5.92 Å². The zero-order valence-corrected chi connectivity index (χ0v) is 16.2. The Labute approximate surface area is 165 Å². The summed E-state index contributed by atoms with van der Waals surface area (Å²) >= 11 is 0. The topological polar surface area (TPSA) is 53.9 Å². The van der Waals surface area contributed by atoms with Gasteiger partial charge in [0.25, 0.3) is 0 Å². The number of aromatic nitrogens is 3. The second kappa shape index (κ2) is 7.32. The molecule has 3 aromatic rings. The lowest BCUT2D eigenvalue weighted by atomic mass is 9.97. The van der Waals surface area contributed by atoms with Gasteiger partial charge in [-0.1, -0.05) is 18.2 Å². The molecule has 28 heavy (non-hydrogen) atoms. The maximum atomic E-state index is 4.79. The van der Waals surface area contributed by atoms with Gasteiger partial charge in [0, 0.05) is 36.3 Å². The summed E-state index contributed by atoms with van der Waals surface area (Å²) in [6.07, 6.45) is 9.43. The first-order chi connectivity index (χ1) is 13.8. The molecule has 3 heterocycles. The van der Waals surface area contributed by atoms with Crippen molar-refractivity contribution in [2.45, 2.75) is 19.3 Å². The summed E-state index contributed by atoms with van der Waals surface area (Å²) in [5.74, 6) is 1.47. The highest BCUT2D eigenvalue weighted by Crippen LogP contribution is 2.33. The van der Waals surface area contributed by atoms with E-state index in [9.17, 15) is 0 Å². The van der Waals surface area contributed by atoms with Crippen LogP contribution in [0.4, 0.5) is 5.95 Å². The molecule has 1 aromatic carbocycles. The van der Waals surface area contributed by atoms with Gasteiger partial charge in [0.2, 0.25) is 5.95 Å². The Bertz CT molecular complexity index is 1030. The second-order valence-corrected chi connectivity index (χ2v) is 7.91. The predicted octanol–water partition coefficient (Wildman–Crippen LogP) is 3.77. The van der Waals surface area contributed by atoms with E-state index in [4.69, 9.17) is 4.98 Å². The SMILES string of the molecule is CN1CCC(CNc2ncc3c(n2)CC=C3c2ccc3ncccc3c2)CC1. The number of allylic oxidation sites excluding steroid dienone is 1. The highest BCUT2D eigenvalue weighted by atomic mass is 15.1. The molecule has 0 unspecified atom stereocenters. The van der Waals surface area contributed by atoms with Crippen molar-refractivity contribution in [2.75, 3.05) is 32.0 Å². The molecule has 142 valence electrons. The zero-order valence-electron chi connectivity index (χ0n) is 16.2. The van der Waals surface area contributed by atoms with Crippen molar-refractivity contribution < 1.29 is 0 Å². The molecule has 2 aromatic heterocycles. The lowest BCUT2D eigenvalue weighted by molar-refractivity contribution is 0.226. The van der Waals surface area contributed by atoms with Gasteiger partial charge in [0.1, 0.15) is 0 Å². The molecule has 0 bridgehead atoms. The lowest BCUT2D eigenvalue weighted by Gasteiger charge is -2.28. The molecule has 0 spiro atoms. The van der Waals surface area contributed by atoms with E-state index in [1.807, 2.05) is 18.5 Å². The van der Waals surface area contributed by atoms with Crippen molar-refractivity contribution in [3.8, 4) is 0 Å². The predicted molar refractivity (Wildman–Crippen MR) is 113 cm³/mol. The molecule has 5 heteroatoms. The minimum absolute atomic E-state index is 0.716. The van der Waals surface area contributed by atoms with Crippen LogP contribution in [0.15, 0.2) is 48.8 Å². The Hall–Kier alpha value is -2.79. The van der Waals surface area contributed by atoms with Crippen molar-refractivity contribution in [2.24, 2.45) is 5.92 Å². The van der Waals surface area contributed by atoms with E-state index in [0.29, 0.717) is 5.92 Å². The van der Waals surface area contributed by atoms with Crippen LogP contribution >= 0.6 is 0 Å². The van der Waals surface area contributed by atoms with E-state index < -0.39 is 0 Å². The molecule has 2 aliphatic rings. The van der Waals surface area contributed by atoms with Gasteiger partial charge < -0.3 is 10.2 Å². The van der Waals surface area contributed by atoms with E-state index in [2.05, 4.69) is 57.6 Å². The Balaban J connectivity index is 1.31. The maximum Gasteiger partial charge on any atom is 0.222 e. The van der Waals surface area contributed by atoms with Crippen LogP contribution < -0.4 is 5.32 Å². The van der Waals surface area contributed by atoms with Crippen LogP contribution in [-0.2, 0) is 6.42 Å². The first-order valence-corrected chi connectivity index (χ1v) is 10.1. The summed E-state index contributed by atoms with van der Waals surface area (Å²) < 4.78 is 0. The van der Waals surface area contributed by atoms with Gasteiger partial charge in [-0.15, -0.1) is 0 Å². The highest BCUT2D eigenvalue weighted by molar-refractivity contribution is 5.89. The van der Waals surface area contributed by atoms with E-state index in [1.165, 1.54) is 37.1 Å². The monoisotopic (exact) mass is 371 g/mol. The molecule has 0 amide bonds. The summed E-state index contributed by atoms with van der Waals surface area (Å²) in [5, 5.41) is 4.62. The average Bonchev–Trinajstić information content (AvgIpc) is 3.16. The number of hydrogen-bond donors (Lipinski definition) is 1. The van der Waals surface area contributed by atoms with Crippen LogP contribution in [0.1, 0.15) is 29.7 Å². The van der Waals surface area contributed by atoms with E-state index >= 15 is 0 Å². The number of nitrogens with one attached hydrogen (secondary N) is 1. The number of likely N-dealkylation sites (tertiary alicyclic amines) is 1. The quantitative estimate of drug-likeness (QED) is 0.757. The van der Waals surface area contributed by atoms with Gasteiger partial charge in [-0.2, -0.15) is 0 Å². The van der Waals surface area contributed by atoms with Crippen molar-refractivity contribution >= 4 is 22.4 Å². The van der Waals surface area contributed by atoms with Gasteiger partial charge in [0.15, 0.2) is 0 Å². The van der Waals surface area contributed by atoms with Gasteiger partial charge in [-0.3, -0.25) is 4.98 Å². The fourth-order valence-electron chi connectivity index (χ4n) is 4.21. The van der Waals surface area contributed by atoms with Crippen molar-refractivity contribution in [1.29, 1.82) is 0 Å². The number of hydrogen-bond acceptors (Lipinski definition) is 5. The Morgan fingerprint density at radius 3 is 2.93 bits per heavy atom. The Morgan fingerprint density at radius 2 is 2.04 bits per heavy atom. The van der Waals surface area contributed by atoms with Crippen LogP contribution in [0.25, 0.3) is 16.5 Å². The summed E-state index contributed by atoms with van der Waals surface area (Å²) in [6.45, 7) is 3.34. The van der Waals surface area contributed by atoms with Gasteiger partial charge >= 0.3 is 0 Å². The Kier molecular flexibility index (Phi) is 4.53. The fraction of sp³-hybridized carbons (Fsp3) is 0.348. The van der Waals surface area contributed by atoms with Crippen molar-refractivity contribution in [3.63, 3.8) is 0 Å². The number of pyridine rings is 1. The Morgan fingerprint density at radius 1 is 1.14 bits per heavy atom. The molecule has 1 N–H and O–H groups in total. The van der Waals surface area contributed by atoms with E-state index in [0.717, 1.165) is 41.1 Å². The van der Waals surface area contributed by atoms with Crippen LogP contribution in [-0.4, -0.2) is 46.5 Å². The summed E-state index contributed by atoms with van der Waals surface area (Å²) in [7, 11) is 2.20. The summed E-state index contributed by atoms with van der Waals surface area (Å²) in [5.41, 5.74) is 5.71. The lowest BCUT2D eigenvalue weighted by Crippen LogP contribution is -2.33. The van der Waals surface area contributed by atoms with Gasteiger partial charge in [0.05, 0.1) is 11.2 Å². The number of nitrogens with zero attached hydrogens (tertiary/aromatic N) is 4. The first-order valence-electron chi connectivity index (χ1n) is 10.1. The molecule has 5 nitrogen and oxygen atoms in total. The largest absolute Gasteiger partial charge is 0.354 e. The molecular weight excluding hydrogens is 346 g/mol. The molecule has 1 fully saturated rings.